The monoisotopic (exact) mass is 292 g/mol. The van der Waals surface area contributed by atoms with E-state index in [1.807, 2.05) is 7.05 Å². The molecule has 4 nitrogen and oxygen atoms in total. The Morgan fingerprint density at radius 2 is 2.24 bits per heavy atom. The number of rotatable bonds is 6. The van der Waals surface area contributed by atoms with E-state index in [9.17, 15) is 0 Å². The van der Waals surface area contributed by atoms with Crippen molar-refractivity contribution in [1.29, 1.82) is 0 Å². The van der Waals surface area contributed by atoms with Crippen molar-refractivity contribution in [2.45, 2.75) is 57.9 Å². The first-order chi connectivity index (χ1) is 10.3. The number of nitrogens with zero attached hydrogens (tertiary/aromatic N) is 2. The summed E-state index contributed by atoms with van der Waals surface area (Å²) in [7, 11) is 1.86. The molecule has 2 N–H and O–H groups in total. The molecule has 0 saturated carbocycles. The summed E-state index contributed by atoms with van der Waals surface area (Å²) in [6.07, 6.45) is 11.5. The molecule has 0 aromatic carbocycles. The van der Waals surface area contributed by atoms with Crippen LogP contribution in [0.3, 0.4) is 0 Å². The number of aliphatic imine (C=N–C) groups is 1. The summed E-state index contributed by atoms with van der Waals surface area (Å²) in [5.41, 5.74) is 1.62. The van der Waals surface area contributed by atoms with Gasteiger partial charge in [-0.3, -0.25) is 9.89 Å². The largest absolute Gasteiger partial charge is 0.356 e. The molecule has 1 aliphatic carbocycles. The second-order valence-electron chi connectivity index (χ2n) is 6.16. The summed E-state index contributed by atoms with van der Waals surface area (Å²) in [5, 5.41) is 6.94. The van der Waals surface area contributed by atoms with Crippen LogP contribution in [0.4, 0.5) is 0 Å². The molecular weight excluding hydrogens is 260 g/mol. The van der Waals surface area contributed by atoms with Gasteiger partial charge in [-0.1, -0.05) is 18.6 Å². The highest BCUT2D eigenvalue weighted by atomic mass is 15.2. The molecule has 1 fully saturated rings. The third-order valence-corrected chi connectivity index (χ3v) is 4.76. The van der Waals surface area contributed by atoms with E-state index in [1.165, 1.54) is 45.1 Å². The Kier molecular flexibility index (Phi) is 7.07. The molecule has 1 aliphatic heterocycles. The molecule has 0 amide bonds. The van der Waals surface area contributed by atoms with Crippen molar-refractivity contribution in [3.63, 3.8) is 0 Å². The molecule has 0 radical (unpaired) electrons. The zero-order valence-electron chi connectivity index (χ0n) is 13.8. The fourth-order valence-corrected chi connectivity index (χ4v) is 3.45. The minimum atomic E-state index is 0.676. The van der Waals surface area contributed by atoms with Crippen LogP contribution in [0.1, 0.15) is 51.9 Å². The molecule has 4 heteroatoms. The highest BCUT2D eigenvalue weighted by Gasteiger charge is 2.22. The molecule has 2 rings (SSSR count). The summed E-state index contributed by atoms with van der Waals surface area (Å²) >= 11 is 0. The minimum absolute atomic E-state index is 0.676. The van der Waals surface area contributed by atoms with E-state index < -0.39 is 0 Å². The highest BCUT2D eigenvalue weighted by Crippen LogP contribution is 2.19. The van der Waals surface area contributed by atoms with Crippen LogP contribution in [0, 0.1) is 0 Å². The molecule has 1 saturated heterocycles. The van der Waals surface area contributed by atoms with Gasteiger partial charge in [0.05, 0.1) is 0 Å². The molecule has 0 aromatic heterocycles. The molecule has 2 aliphatic rings. The lowest BCUT2D eigenvalue weighted by Crippen LogP contribution is -2.45. The summed E-state index contributed by atoms with van der Waals surface area (Å²) in [5.74, 6) is 0.953. The molecule has 0 bridgehead atoms. The quantitative estimate of drug-likeness (QED) is 0.449. The average molecular weight is 292 g/mol. The molecule has 1 atom stereocenters. The second kappa shape index (κ2) is 9.08. The number of guanidine groups is 1. The zero-order chi connectivity index (χ0) is 14.9. The van der Waals surface area contributed by atoms with Crippen LogP contribution >= 0.6 is 0 Å². The van der Waals surface area contributed by atoms with Crippen LogP contribution in [-0.2, 0) is 0 Å². The number of hydrogen-bond acceptors (Lipinski definition) is 2. The van der Waals surface area contributed by atoms with E-state index in [2.05, 4.69) is 33.5 Å². The predicted molar refractivity (Wildman–Crippen MR) is 90.8 cm³/mol. The molecule has 120 valence electrons. The summed E-state index contributed by atoms with van der Waals surface area (Å²) in [6, 6.07) is 0.676. The van der Waals surface area contributed by atoms with Crippen molar-refractivity contribution in [3.05, 3.63) is 11.6 Å². The number of likely N-dealkylation sites (tertiary alicyclic amines) is 1. The van der Waals surface area contributed by atoms with Gasteiger partial charge < -0.3 is 10.6 Å². The number of hydrogen-bond donors (Lipinski definition) is 2. The fraction of sp³-hybridized carbons (Fsp3) is 0.824. The van der Waals surface area contributed by atoms with E-state index in [0.29, 0.717) is 6.04 Å². The van der Waals surface area contributed by atoms with E-state index in [-0.39, 0.29) is 0 Å². The smallest absolute Gasteiger partial charge is 0.191 e. The molecular formula is C17H32N4. The Morgan fingerprint density at radius 1 is 1.33 bits per heavy atom. The molecule has 1 heterocycles. The minimum Gasteiger partial charge on any atom is -0.356 e. The second-order valence-corrected chi connectivity index (χ2v) is 6.16. The molecule has 1 unspecified atom stereocenters. The Morgan fingerprint density at radius 3 is 2.95 bits per heavy atom. The Hall–Kier alpha value is -1.03. The van der Waals surface area contributed by atoms with Crippen LogP contribution in [0.2, 0.25) is 0 Å². The first kappa shape index (κ1) is 16.3. The topological polar surface area (TPSA) is 39.7 Å². The van der Waals surface area contributed by atoms with Crippen LogP contribution in [0.15, 0.2) is 16.6 Å². The maximum Gasteiger partial charge on any atom is 0.191 e. The lowest BCUT2D eigenvalue weighted by Gasteiger charge is -2.24. The van der Waals surface area contributed by atoms with Gasteiger partial charge in [0, 0.05) is 26.2 Å². The van der Waals surface area contributed by atoms with E-state index >= 15 is 0 Å². The van der Waals surface area contributed by atoms with Crippen LogP contribution < -0.4 is 10.6 Å². The summed E-state index contributed by atoms with van der Waals surface area (Å²) in [6.45, 7) is 6.67. The first-order valence-electron chi connectivity index (χ1n) is 8.70. The van der Waals surface area contributed by atoms with E-state index in [0.717, 1.165) is 32.0 Å². The van der Waals surface area contributed by atoms with Crippen molar-refractivity contribution >= 4 is 5.96 Å². The summed E-state index contributed by atoms with van der Waals surface area (Å²) in [4.78, 5) is 6.90. The van der Waals surface area contributed by atoms with Crippen molar-refractivity contribution in [2.24, 2.45) is 4.99 Å². The van der Waals surface area contributed by atoms with Gasteiger partial charge in [-0.05, 0) is 58.0 Å². The Labute approximate surface area is 130 Å². The van der Waals surface area contributed by atoms with Crippen molar-refractivity contribution in [1.82, 2.24) is 15.5 Å². The first-order valence-corrected chi connectivity index (χ1v) is 8.70. The standard InChI is InChI=1S/C17H32N4/c1-3-21-13-7-10-16(21)14-20-17(18-2)19-12-11-15-8-5-4-6-9-15/h8,16H,3-7,9-14H2,1-2H3,(H2,18,19,20). The van der Waals surface area contributed by atoms with Crippen LogP contribution in [-0.4, -0.2) is 50.1 Å². The molecule has 21 heavy (non-hydrogen) atoms. The van der Waals surface area contributed by atoms with Gasteiger partial charge in [0.1, 0.15) is 0 Å². The van der Waals surface area contributed by atoms with Gasteiger partial charge in [-0.15, -0.1) is 0 Å². The molecule has 0 aromatic rings. The van der Waals surface area contributed by atoms with Crippen LogP contribution in [0.5, 0.6) is 0 Å². The average Bonchev–Trinajstić information content (AvgIpc) is 2.99. The third kappa shape index (κ3) is 5.34. The van der Waals surface area contributed by atoms with Gasteiger partial charge in [0.15, 0.2) is 5.96 Å². The van der Waals surface area contributed by atoms with Crippen molar-refractivity contribution < 1.29 is 0 Å². The van der Waals surface area contributed by atoms with Crippen molar-refractivity contribution in [2.75, 3.05) is 33.2 Å². The van der Waals surface area contributed by atoms with Crippen LogP contribution in [0.25, 0.3) is 0 Å². The van der Waals surface area contributed by atoms with Gasteiger partial charge in [0.2, 0.25) is 0 Å². The zero-order valence-corrected chi connectivity index (χ0v) is 13.8. The molecule has 0 spiro atoms. The highest BCUT2D eigenvalue weighted by molar-refractivity contribution is 5.79. The van der Waals surface area contributed by atoms with Gasteiger partial charge >= 0.3 is 0 Å². The predicted octanol–water partition coefficient (Wildman–Crippen LogP) is 2.53. The number of likely N-dealkylation sites (N-methyl/N-ethyl adjacent to an activating group) is 1. The fourth-order valence-electron chi connectivity index (χ4n) is 3.45. The normalized spacial score (nSPS) is 24.0. The van der Waals surface area contributed by atoms with Gasteiger partial charge in [0.25, 0.3) is 0 Å². The Balaban J connectivity index is 1.65. The van der Waals surface area contributed by atoms with Crippen molar-refractivity contribution in [3.8, 4) is 0 Å². The maximum atomic E-state index is 4.34. The lowest BCUT2D eigenvalue weighted by atomic mass is 9.97. The van der Waals surface area contributed by atoms with E-state index in [1.54, 1.807) is 5.57 Å². The Bertz CT molecular complexity index is 362. The third-order valence-electron chi connectivity index (χ3n) is 4.76. The lowest BCUT2D eigenvalue weighted by molar-refractivity contribution is 0.267. The van der Waals surface area contributed by atoms with Gasteiger partial charge in [-0.2, -0.15) is 0 Å². The SMILES string of the molecule is CCN1CCCC1CNC(=NC)NCCC1=CCCCC1. The van der Waals surface area contributed by atoms with E-state index in [4.69, 9.17) is 0 Å². The number of allylic oxidation sites excluding steroid dienone is 1. The summed E-state index contributed by atoms with van der Waals surface area (Å²) < 4.78 is 0. The number of nitrogens with one attached hydrogen (secondary N) is 2. The van der Waals surface area contributed by atoms with Gasteiger partial charge in [-0.25, -0.2) is 0 Å². The maximum absolute atomic E-state index is 4.34.